The van der Waals surface area contributed by atoms with Crippen molar-refractivity contribution >= 4 is 22.6 Å². The van der Waals surface area contributed by atoms with E-state index < -0.39 is 16.2 Å². The number of aromatic nitrogens is 5. The average molecular weight is 444 g/mol. The van der Waals surface area contributed by atoms with Crippen LogP contribution in [-0.4, -0.2) is 28.0 Å². The average Bonchev–Trinajstić information content (AvgIpc) is 3.32. The molecular weight excluding hydrogens is 424 g/mol. The highest BCUT2D eigenvalue weighted by Gasteiger charge is 2.22. The Hall–Kier alpha value is -4.47. The summed E-state index contributed by atoms with van der Waals surface area (Å²) in [5.74, 6) is 0.460. The first-order valence-corrected chi connectivity index (χ1v) is 10.2. The standard InChI is InChI=1S/C23H20N6O4/c1-13-9-14(2)11-17(10-13)28-18(15-5-7-16(8-6-15)29(32)33)12-27-19-20(24-22(27)28)25(3)23(31)26(4)21(19)30/h5-12H,1-4H3. The Morgan fingerprint density at radius 2 is 1.58 bits per heavy atom. The molecule has 3 heterocycles. The molecule has 0 aliphatic carbocycles. The van der Waals surface area contributed by atoms with E-state index in [1.165, 1.54) is 23.7 Å². The summed E-state index contributed by atoms with van der Waals surface area (Å²) in [5, 5.41) is 11.1. The molecule has 0 bridgehead atoms. The molecule has 0 unspecified atom stereocenters. The summed E-state index contributed by atoms with van der Waals surface area (Å²) in [6.07, 6.45) is 1.77. The van der Waals surface area contributed by atoms with E-state index in [4.69, 9.17) is 0 Å². The molecule has 0 fully saturated rings. The maximum absolute atomic E-state index is 13.0. The Morgan fingerprint density at radius 1 is 0.939 bits per heavy atom. The van der Waals surface area contributed by atoms with Gasteiger partial charge in [-0.15, -0.1) is 0 Å². The third kappa shape index (κ3) is 2.99. The molecule has 0 saturated carbocycles. The van der Waals surface area contributed by atoms with Crippen molar-refractivity contribution in [3.63, 3.8) is 0 Å². The lowest BCUT2D eigenvalue weighted by atomic mass is 10.1. The molecule has 0 radical (unpaired) electrons. The fourth-order valence-corrected chi connectivity index (χ4v) is 4.26. The molecule has 0 N–H and O–H groups in total. The van der Waals surface area contributed by atoms with Crippen LogP contribution in [0.2, 0.25) is 0 Å². The number of hydrogen-bond acceptors (Lipinski definition) is 5. The van der Waals surface area contributed by atoms with Gasteiger partial charge in [0.25, 0.3) is 11.2 Å². The molecule has 33 heavy (non-hydrogen) atoms. The predicted molar refractivity (Wildman–Crippen MR) is 124 cm³/mol. The molecule has 10 nitrogen and oxygen atoms in total. The summed E-state index contributed by atoms with van der Waals surface area (Å²) in [4.78, 5) is 40.8. The summed E-state index contributed by atoms with van der Waals surface area (Å²) in [6, 6.07) is 12.3. The summed E-state index contributed by atoms with van der Waals surface area (Å²) < 4.78 is 5.97. The molecule has 10 heteroatoms. The fraction of sp³-hybridized carbons (Fsp3) is 0.174. The maximum atomic E-state index is 13.0. The summed E-state index contributed by atoms with van der Waals surface area (Å²) in [6.45, 7) is 3.98. The largest absolute Gasteiger partial charge is 0.332 e. The lowest BCUT2D eigenvalue weighted by Crippen LogP contribution is -2.37. The van der Waals surface area contributed by atoms with Crippen molar-refractivity contribution in [3.05, 3.63) is 90.7 Å². The number of aryl methyl sites for hydroxylation is 3. The van der Waals surface area contributed by atoms with Crippen LogP contribution in [-0.2, 0) is 14.1 Å². The van der Waals surface area contributed by atoms with Crippen molar-refractivity contribution in [2.24, 2.45) is 14.1 Å². The number of nitro benzene ring substituents is 1. The normalized spacial score (nSPS) is 11.5. The molecule has 0 aliphatic heterocycles. The topological polar surface area (TPSA) is 109 Å². The highest BCUT2D eigenvalue weighted by atomic mass is 16.6. The van der Waals surface area contributed by atoms with Crippen LogP contribution in [0.1, 0.15) is 11.1 Å². The first-order chi connectivity index (χ1) is 15.7. The zero-order chi connectivity index (χ0) is 23.6. The number of fused-ring (bicyclic) bond motifs is 3. The molecule has 0 amide bonds. The lowest BCUT2D eigenvalue weighted by Gasteiger charge is -2.11. The number of non-ortho nitro benzene ring substituents is 1. The van der Waals surface area contributed by atoms with Crippen LogP contribution in [0.3, 0.4) is 0 Å². The van der Waals surface area contributed by atoms with Gasteiger partial charge in [-0.25, -0.2) is 4.79 Å². The minimum absolute atomic E-state index is 0.0117. The van der Waals surface area contributed by atoms with E-state index in [2.05, 4.69) is 11.1 Å². The van der Waals surface area contributed by atoms with Gasteiger partial charge in [0.05, 0.1) is 10.6 Å². The molecule has 5 rings (SSSR count). The number of nitrogens with zero attached hydrogens (tertiary/aromatic N) is 6. The quantitative estimate of drug-likeness (QED) is 0.314. The summed E-state index contributed by atoms with van der Waals surface area (Å²) >= 11 is 0. The van der Waals surface area contributed by atoms with Gasteiger partial charge in [-0.2, -0.15) is 4.98 Å². The monoisotopic (exact) mass is 444 g/mol. The second-order valence-electron chi connectivity index (χ2n) is 8.16. The molecule has 3 aromatic heterocycles. The van der Waals surface area contributed by atoms with E-state index in [9.17, 15) is 19.7 Å². The lowest BCUT2D eigenvalue weighted by molar-refractivity contribution is -0.384. The van der Waals surface area contributed by atoms with E-state index in [0.29, 0.717) is 11.5 Å². The van der Waals surface area contributed by atoms with Crippen molar-refractivity contribution in [1.82, 2.24) is 23.1 Å². The minimum atomic E-state index is -0.457. The van der Waals surface area contributed by atoms with Gasteiger partial charge < -0.3 is 0 Å². The van der Waals surface area contributed by atoms with E-state index in [-0.39, 0.29) is 16.9 Å². The first kappa shape index (κ1) is 20.4. The zero-order valence-corrected chi connectivity index (χ0v) is 18.4. The van der Waals surface area contributed by atoms with Gasteiger partial charge in [-0.05, 0) is 49.2 Å². The molecule has 0 aliphatic rings. The van der Waals surface area contributed by atoms with E-state index in [0.717, 1.165) is 26.9 Å². The van der Waals surface area contributed by atoms with Crippen LogP contribution in [0.5, 0.6) is 0 Å². The molecule has 0 spiro atoms. The van der Waals surface area contributed by atoms with E-state index >= 15 is 0 Å². The zero-order valence-electron chi connectivity index (χ0n) is 18.4. The molecule has 5 aromatic rings. The van der Waals surface area contributed by atoms with Crippen molar-refractivity contribution < 1.29 is 4.92 Å². The third-order valence-corrected chi connectivity index (χ3v) is 5.80. The molecule has 0 saturated heterocycles. The number of nitro groups is 1. The van der Waals surface area contributed by atoms with Crippen molar-refractivity contribution in [1.29, 1.82) is 0 Å². The minimum Gasteiger partial charge on any atom is -0.279 e. The van der Waals surface area contributed by atoms with Crippen molar-refractivity contribution in [2.75, 3.05) is 0 Å². The fourth-order valence-electron chi connectivity index (χ4n) is 4.26. The Balaban J connectivity index is 1.93. The van der Waals surface area contributed by atoms with Gasteiger partial charge in [0.2, 0.25) is 5.78 Å². The highest BCUT2D eigenvalue weighted by molar-refractivity contribution is 5.79. The van der Waals surface area contributed by atoms with Gasteiger partial charge >= 0.3 is 5.69 Å². The van der Waals surface area contributed by atoms with Crippen LogP contribution >= 0.6 is 0 Å². The smallest absolute Gasteiger partial charge is 0.279 e. The Bertz CT molecular complexity index is 1700. The second-order valence-corrected chi connectivity index (χ2v) is 8.16. The summed E-state index contributed by atoms with van der Waals surface area (Å²) in [7, 11) is 3.01. The predicted octanol–water partition coefficient (Wildman–Crippen LogP) is 2.87. The van der Waals surface area contributed by atoms with Crippen molar-refractivity contribution in [2.45, 2.75) is 13.8 Å². The van der Waals surface area contributed by atoms with Crippen LogP contribution < -0.4 is 11.2 Å². The van der Waals surface area contributed by atoms with Gasteiger partial charge in [0.15, 0.2) is 11.2 Å². The molecule has 166 valence electrons. The SMILES string of the molecule is Cc1cc(C)cc(-n2c(-c3ccc([N+](=O)[O-])cc3)cn3c4c(=O)n(C)c(=O)n(C)c4nc23)c1. The molecular formula is C23H20N6O4. The number of hydrogen-bond donors (Lipinski definition) is 0. The van der Waals surface area contributed by atoms with Gasteiger partial charge in [-0.1, -0.05) is 6.07 Å². The van der Waals surface area contributed by atoms with Gasteiger partial charge in [0, 0.05) is 43.7 Å². The second kappa shape index (κ2) is 7.02. The van der Waals surface area contributed by atoms with E-state index in [1.807, 2.05) is 30.5 Å². The van der Waals surface area contributed by atoms with Crippen LogP contribution in [0.15, 0.2) is 58.3 Å². The van der Waals surface area contributed by atoms with E-state index in [1.54, 1.807) is 29.8 Å². The van der Waals surface area contributed by atoms with Crippen LogP contribution in [0.4, 0.5) is 5.69 Å². The number of imidazole rings is 2. The summed E-state index contributed by atoms with van der Waals surface area (Å²) in [5.41, 5.74) is 3.99. The Kier molecular flexibility index (Phi) is 4.35. The number of benzene rings is 2. The third-order valence-electron chi connectivity index (χ3n) is 5.80. The first-order valence-electron chi connectivity index (χ1n) is 10.2. The van der Waals surface area contributed by atoms with Gasteiger partial charge in [0.1, 0.15) is 0 Å². The Morgan fingerprint density at radius 3 is 2.18 bits per heavy atom. The molecule has 2 aromatic carbocycles. The Labute approximate surface area is 186 Å². The van der Waals surface area contributed by atoms with Gasteiger partial charge in [-0.3, -0.25) is 33.0 Å². The highest BCUT2D eigenvalue weighted by Crippen LogP contribution is 2.30. The van der Waals surface area contributed by atoms with Crippen LogP contribution in [0.25, 0.3) is 33.9 Å². The van der Waals surface area contributed by atoms with Crippen LogP contribution in [0, 0.1) is 24.0 Å². The maximum Gasteiger partial charge on any atom is 0.332 e. The van der Waals surface area contributed by atoms with Crippen molar-refractivity contribution in [3.8, 4) is 16.9 Å². The molecule has 0 atom stereocenters. The number of rotatable bonds is 3.